The van der Waals surface area contributed by atoms with Gasteiger partial charge in [0, 0.05) is 30.1 Å². The van der Waals surface area contributed by atoms with Gasteiger partial charge in [-0.2, -0.15) is 16.1 Å². The van der Waals surface area contributed by atoms with Crippen molar-refractivity contribution < 1.29 is 8.42 Å². The zero-order chi connectivity index (χ0) is 15.6. The number of benzene rings is 1. The number of hydrogen-bond acceptors (Lipinski definition) is 4. The molecule has 0 aromatic heterocycles. The van der Waals surface area contributed by atoms with E-state index in [2.05, 4.69) is 12.2 Å². The van der Waals surface area contributed by atoms with E-state index < -0.39 is 10.0 Å². The molecule has 0 spiro atoms. The third-order valence-electron chi connectivity index (χ3n) is 4.05. The molecule has 0 aliphatic carbocycles. The molecule has 4 nitrogen and oxygen atoms in total. The normalized spacial score (nSPS) is 24.2. The van der Waals surface area contributed by atoms with E-state index in [1.165, 1.54) is 0 Å². The van der Waals surface area contributed by atoms with Gasteiger partial charge < -0.3 is 5.32 Å². The molecule has 0 bridgehead atoms. The second-order valence-electron chi connectivity index (χ2n) is 5.56. The van der Waals surface area contributed by atoms with Crippen LogP contribution in [0.2, 0.25) is 0 Å². The van der Waals surface area contributed by atoms with E-state index in [1.54, 1.807) is 10.4 Å². The molecule has 1 aromatic rings. The molecular weight excluding hydrogens is 304 g/mol. The van der Waals surface area contributed by atoms with Crippen LogP contribution in [0, 0.1) is 6.92 Å². The van der Waals surface area contributed by atoms with Crippen molar-refractivity contribution in [3.63, 3.8) is 0 Å². The monoisotopic (exact) mass is 328 g/mol. The third kappa shape index (κ3) is 3.44. The minimum atomic E-state index is -3.42. The van der Waals surface area contributed by atoms with Crippen LogP contribution in [-0.4, -0.2) is 43.4 Å². The van der Waals surface area contributed by atoms with Gasteiger partial charge in [-0.05, 0) is 38.1 Å². The molecule has 1 heterocycles. The zero-order valence-electron chi connectivity index (χ0n) is 13.1. The summed E-state index contributed by atoms with van der Waals surface area (Å²) in [5.41, 5.74) is 1.81. The fraction of sp³-hybridized carbons (Fsp3) is 0.600. The number of aryl methyl sites for hydroxylation is 1. The smallest absolute Gasteiger partial charge is 0.243 e. The Morgan fingerprint density at radius 3 is 2.76 bits per heavy atom. The summed E-state index contributed by atoms with van der Waals surface area (Å²) in [7, 11) is -1.56. The fourth-order valence-electron chi connectivity index (χ4n) is 2.61. The van der Waals surface area contributed by atoms with Crippen molar-refractivity contribution in [2.45, 2.75) is 43.5 Å². The van der Waals surface area contributed by atoms with Crippen LogP contribution >= 0.6 is 11.8 Å². The molecule has 1 fully saturated rings. The number of hydrogen-bond donors (Lipinski definition) is 1. The van der Waals surface area contributed by atoms with Gasteiger partial charge in [-0.1, -0.05) is 19.1 Å². The summed E-state index contributed by atoms with van der Waals surface area (Å²) in [6.07, 6.45) is 0. The summed E-state index contributed by atoms with van der Waals surface area (Å²) in [6.45, 7) is 7.23. The highest BCUT2D eigenvalue weighted by molar-refractivity contribution is 8.00. The predicted molar refractivity (Wildman–Crippen MR) is 89.2 cm³/mol. The molecule has 1 aliphatic rings. The first-order chi connectivity index (χ1) is 9.87. The summed E-state index contributed by atoms with van der Waals surface area (Å²) in [5, 5.41) is 3.39. The summed E-state index contributed by atoms with van der Waals surface area (Å²) in [4.78, 5) is 0.446. The van der Waals surface area contributed by atoms with Gasteiger partial charge in [0.25, 0.3) is 0 Å². The lowest BCUT2D eigenvalue weighted by Gasteiger charge is -2.36. The fourth-order valence-corrected chi connectivity index (χ4v) is 5.88. The minimum absolute atomic E-state index is 0.0288. The van der Waals surface area contributed by atoms with Crippen LogP contribution in [-0.2, 0) is 16.6 Å². The van der Waals surface area contributed by atoms with Crippen LogP contribution in [0.5, 0.6) is 0 Å². The first-order valence-electron chi connectivity index (χ1n) is 7.25. The van der Waals surface area contributed by atoms with E-state index in [1.807, 2.05) is 44.8 Å². The van der Waals surface area contributed by atoms with E-state index in [9.17, 15) is 8.42 Å². The quantitative estimate of drug-likeness (QED) is 0.921. The second kappa shape index (κ2) is 6.69. The van der Waals surface area contributed by atoms with Gasteiger partial charge >= 0.3 is 0 Å². The van der Waals surface area contributed by atoms with Crippen LogP contribution in [0.25, 0.3) is 0 Å². The molecule has 21 heavy (non-hydrogen) atoms. The lowest BCUT2D eigenvalue weighted by Crippen LogP contribution is -2.47. The van der Waals surface area contributed by atoms with E-state index in [4.69, 9.17) is 0 Å². The van der Waals surface area contributed by atoms with Crippen molar-refractivity contribution in [1.82, 2.24) is 9.62 Å². The molecule has 1 N–H and O–H groups in total. The number of nitrogens with zero attached hydrogens (tertiary/aromatic N) is 1. The van der Waals surface area contributed by atoms with Crippen molar-refractivity contribution in [3.05, 3.63) is 29.3 Å². The summed E-state index contributed by atoms with van der Waals surface area (Å²) in [6, 6.07) is 5.71. The molecule has 0 radical (unpaired) electrons. The molecule has 2 rings (SSSR count). The zero-order valence-corrected chi connectivity index (χ0v) is 14.7. The van der Waals surface area contributed by atoms with Gasteiger partial charge in [0.2, 0.25) is 10.0 Å². The van der Waals surface area contributed by atoms with Crippen molar-refractivity contribution >= 4 is 21.8 Å². The van der Waals surface area contributed by atoms with Crippen LogP contribution in [0.3, 0.4) is 0 Å². The molecule has 118 valence electrons. The highest BCUT2D eigenvalue weighted by Gasteiger charge is 2.35. The Balaban J connectivity index is 2.41. The van der Waals surface area contributed by atoms with Crippen LogP contribution in [0.4, 0.5) is 0 Å². The maximum atomic E-state index is 13.0. The Bertz CT molecular complexity index is 602. The average Bonchev–Trinajstić information content (AvgIpc) is 2.44. The van der Waals surface area contributed by atoms with Gasteiger partial charge in [-0.3, -0.25) is 0 Å². The maximum Gasteiger partial charge on any atom is 0.243 e. The molecule has 1 aromatic carbocycles. The maximum absolute atomic E-state index is 13.0. The largest absolute Gasteiger partial charge is 0.316 e. The first-order valence-corrected chi connectivity index (χ1v) is 9.74. The molecule has 1 saturated heterocycles. The minimum Gasteiger partial charge on any atom is -0.316 e. The molecule has 0 saturated carbocycles. The SMILES string of the molecule is CNCc1ccc(C)c(S(=O)(=O)N2CCSC(C)C2C)c1. The lowest BCUT2D eigenvalue weighted by molar-refractivity contribution is 0.340. The standard InChI is InChI=1S/C15H24N2O2S2/c1-11-5-6-14(10-16-4)9-15(11)21(18,19)17-7-8-20-13(3)12(17)2/h5-6,9,12-13,16H,7-8,10H2,1-4H3. The van der Waals surface area contributed by atoms with Crippen molar-refractivity contribution in [3.8, 4) is 0 Å². The Labute approximate surface area is 132 Å². The molecule has 1 aliphatic heterocycles. The van der Waals surface area contributed by atoms with Gasteiger partial charge in [-0.25, -0.2) is 8.42 Å². The first kappa shape index (κ1) is 16.8. The Morgan fingerprint density at radius 1 is 1.38 bits per heavy atom. The topological polar surface area (TPSA) is 49.4 Å². The summed E-state index contributed by atoms with van der Waals surface area (Å²) < 4.78 is 27.7. The molecule has 0 amide bonds. The highest BCUT2D eigenvalue weighted by atomic mass is 32.2. The molecular formula is C15H24N2O2S2. The third-order valence-corrected chi connectivity index (χ3v) is 7.51. The molecule has 2 unspecified atom stereocenters. The number of thioether (sulfide) groups is 1. The number of sulfonamides is 1. The van der Waals surface area contributed by atoms with Crippen LogP contribution < -0.4 is 5.32 Å². The average molecular weight is 329 g/mol. The van der Waals surface area contributed by atoms with Crippen LogP contribution in [0.1, 0.15) is 25.0 Å². The van der Waals surface area contributed by atoms with Crippen molar-refractivity contribution in [2.24, 2.45) is 0 Å². The van der Waals surface area contributed by atoms with Crippen molar-refractivity contribution in [2.75, 3.05) is 19.3 Å². The van der Waals surface area contributed by atoms with E-state index >= 15 is 0 Å². The van der Waals surface area contributed by atoms with Crippen LogP contribution in [0.15, 0.2) is 23.1 Å². The van der Waals surface area contributed by atoms with E-state index in [0.29, 0.717) is 23.2 Å². The molecule has 2 atom stereocenters. The van der Waals surface area contributed by atoms with Gasteiger partial charge in [0.05, 0.1) is 4.90 Å². The summed E-state index contributed by atoms with van der Waals surface area (Å²) in [5.74, 6) is 0.861. The van der Waals surface area contributed by atoms with Crippen molar-refractivity contribution in [1.29, 1.82) is 0 Å². The second-order valence-corrected chi connectivity index (χ2v) is 8.91. The Morgan fingerprint density at radius 2 is 2.10 bits per heavy atom. The van der Waals surface area contributed by atoms with Gasteiger partial charge in [0.15, 0.2) is 0 Å². The van der Waals surface area contributed by atoms with Gasteiger partial charge in [-0.15, -0.1) is 0 Å². The highest BCUT2D eigenvalue weighted by Crippen LogP contribution is 2.30. The molecule has 6 heteroatoms. The number of nitrogens with one attached hydrogen (secondary N) is 1. The Hall–Kier alpha value is -0.560. The lowest BCUT2D eigenvalue weighted by atomic mass is 10.1. The van der Waals surface area contributed by atoms with E-state index in [0.717, 1.165) is 16.9 Å². The van der Waals surface area contributed by atoms with E-state index in [-0.39, 0.29) is 6.04 Å². The predicted octanol–water partition coefficient (Wildman–Crippen LogP) is 2.23. The number of rotatable bonds is 4. The summed E-state index contributed by atoms with van der Waals surface area (Å²) >= 11 is 1.84. The van der Waals surface area contributed by atoms with Gasteiger partial charge in [0.1, 0.15) is 0 Å². The Kier molecular flexibility index (Phi) is 5.35.